The Morgan fingerprint density at radius 3 is 2.68 bits per heavy atom. The highest BCUT2D eigenvalue weighted by Gasteiger charge is 2.22. The van der Waals surface area contributed by atoms with Crippen LogP contribution in [0.25, 0.3) is 0 Å². The van der Waals surface area contributed by atoms with Crippen LogP contribution >= 0.6 is 0 Å². The Morgan fingerprint density at radius 1 is 1.26 bits per heavy atom. The van der Waals surface area contributed by atoms with Crippen LogP contribution in [-0.2, 0) is 0 Å². The van der Waals surface area contributed by atoms with E-state index in [1.807, 2.05) is 4.90 Å². The smallest absolute Gasteiger partial charge is 0.168 e. The molecule has 1 aromatic rings. The third kappa shape index (κ3) is 3.14. The van der Waals surface area contributed by atoms with Gasteiger partial charge in [0, 0.05) is 19.2 Å². The summed E-state index contributed by atoms with van der Waals surface area (Å²) in [5.41, 5.74) is 5.43. The van der Waals surface area contributed by atoms with E-state index in [4.69, 9.17) is 5.73 Å². The first kappa shape index (κ1) is 14.0. The van der Waals surface area contributed by atoms with Crippen LogP contribution in [0.1, 0.15) is 33.1 Å². The minimum atomic E-state index is -0.795. The monoisotopic (exact) mass is 269 g/mol. The number of aromatic nitrogens is 1. The van der Waals surface area contributed by atoms with Crippen molar-refractivity contribution in [1.29, 1.82) is 0 Å². The summed E-state index contributed by atoms with van der Waals surface area (Å²) in [5.74, 6) is -0.183. The molecule has 0 aliphatic carbocycles. The molecule has 2 heterocycles. The molecule has 0 aromatic carbocycles. The lowest BCUT2D eigenvalue weighted by Gasteiger charge is -2.23. The number of anilines is 2. The Bertz CT molecular complexity index is 449. The summed E-state index contributed by atoms with van der Waals surface area (Å²) >= 11 is 0. The van der Waals surface area contributed by atoms with Crippen LogP contribution < -0.4 is 10.6 Å². The van der Waals surface area contributed by atoms with Crippen molar-refractivity contribution in [3.63, 3.8) is 0 Å². The lowest BCUT2D eigenvalue weighted by Crippen LogP contribution is -2.27. The van der Waals surface area contributed by atoms with E-state index in [-0.39, 0.29) is 11.6 Å². The molecule has 106 valence electrons. The van der Waals surface area contributed by atoms with Crippen LogP contribution in [0.15, 0.2) is 6.07 Å². The normalized spacial score (nSPS) is 20.7. The van der Waals surface area contributed by atoms with Crippen molar-refractivity contribution in [2.75, 3.05) is 23.7 Å². The molecule has 0 radical (unpaired) electrons. The molecule has 1 fully saturated rings. The number of rotatable bonds is 2. The van der Waals surface area contributed by atoms with Crippen LogP contribution in [0.4, 0.5) is 20.4 Å². The van der Waals surface area contributed by atoms with Crippen molar-refractivity contribution < 1.29 is 8.78 Å². The number of nitrogens with zero attached hydrogens (tertiary/aromatic N) is 2. The molecule has 1 saturated heterocycles. The van der Waals surface area contributed by atoms with E-state index in [2.05, 4.69) is 18.8 Å². The standard InChI is InChI=1S/C14H21F2N3/c1-9(2)10-4-3-6-19(7-5-10)14-12(16)8-11(15)13(17)18-14/h8-10H,3-7H2,1-2H3,(H2,17,18). The van der Waals surface area contributed by atoms with Gasteiger partial charge in [0.15, 0.2) is 23.3 Å². The Hall–Kier alpha value is -1.39. The van der Waals surface area contributed by atoms with Gasteiger partial charge in [0.1, 0.15) is 0 Å². The molecule has 5 heteroatoms. The molecule has 1 atom stereocenters. The quantitative estimate of drug-likeness (QED) is 0.896. The van der Waals surface area contributed by atoms with Crippen LogP contribution in [0.5, 0.6) is 0 Å². The predicted octanol–water partition coefficient (Wildman–Crippen LogP) is 3.20. The van der Waals surface area contributed by atoms with Gasteiger partial charge in [-0.15, -0.1) is 0 Å². The zero-order valence-corrected chi connectivity index (χ0v) is 11.5. The Balaban J connectivity index is 2.16. The maximum absolute atomic E-state index is 13.8. The van der Waals surface area contributed by atoms with Gasteiger partial charge in [-0.3, -0.25) is 0 Å². The fourth-order valence-electron chi connectivity index (χ4n) is 2.69. The fraction of sp³-hybridized carbons (Fsp3) is 0.643. The number of nitrogens with two attached hydrogens (primary N) is 1. The highest BCUT2D eigenvalue weighted by molar-refractivity contribution is 5.47. The third-order valence-corrected chi connectivity index (χ3v) is 3.95. The summed E-state index contributed by atoms with van der Waals surface area (Å²) in [4.78, 5) is 5.74. The summed E-state index contributed by atoms with van der Waals surface area (Å²) in [6.07, 6.45) is 3.16. The van der Waals surface area contributed by atoms with E-state index in [0.29, 0.717) is 11.8 Å². The van der Waals surface area contributed by atoms with Gasteiger partial charge < -0.3 is 10.6 Å². The minimum absolute atomic E-state index is 0.184. The Labute approximate surface area is 112 Å². The summed E-state index contributed by atoms with van der Waals surface area (Å²) < 4.78 is 26.9. The van der Waals surface area contributed by atoms with E-state index < -0.39 is 11.6 Å². The van der Waals surface area contributed by atoms with E-state index >= 15 is 0 Å². The summed E-state index contributed by atoms with van der Waals surface area (Å²) in [5, 5.41) is 0. The fourth-order valence-corrected chi connectivity index (χ4v) is 2.69. The molecule has 0 spiro atoms. The van der Waals surface area contributed by atoms with Gasteiger partial charge in [0.25, 0.3) is 0 Å². The molecule has 2 N–H and O–H groups in total. The summed E-state index contributed by atoms with van der Waals surface area (Å²) in [6.45, 7) is 5.93. The molecular weight excluding hydrogens is 248 g/mol. The van der Waals surface area contributed by atoms with Gasteiger partial charge in [-0.2, -0.15) is 0 Å². The maximum Gasteiger partial charge on any atom is 0.168 e. The molecular formula is C14H21F2N3. The molecule has 0 amide bonds. The second-order valence-electron chi connectivity index (χ2n) is 5.58. The number of nitrogen functional groups attached to an aromatic ring is 1. The molecule has 2 rings (SSSR count). The Morgan fingerprint density at radius 2 is 2.00 bits per heavy atom. The number of hydrogen-bond donors (Lipinski definition) is 1. The van der Waals surface area contributed by atoms with Crippen molar-refractivity contribution in [2.24, 2.45) is 11.8 Å². The van der Waals surface area contributed by atoms with Crippen LogP contribution in [-0.4, -0.2) is 18.1 Å². The van der Waals surface area contributed by atoms with Crippen molar-refractivity contribution in [1.82, 2.24) is 4.98 Å². The van der Waals surface area contributed by atoms with E-state index in [0.717, 1.165) is 38.4 Å². The highest BCUT2D eigenvalue weighted by atomic mass is 19.1. The lowest BCUT2D eigenvalue weighted by atomic mass is 9.89. The van der Waals surface area contributed by atoms with Crippen molar-refractivity contribution in [3.8, 4) is 0 Å². The predicted molar refractivity (Wildman–Crippen MR) is 73.0 cm³/mol. The number of pyridine rings is 1. The zero-order valence-electron chi connectivity index (χ0n) is 11.5. The SMILES string of the molecule is CC(C)C1CCCN(c2nc(N)c(F)cc2F)CC1. The number of hydrogen-bond acceptors (Lipinski definition) is 3. The molecule has 3 nitrogen and oxygen atoms in total. The maximum atomic E-state index is 13.8. The van der Waals surface area contributed by atoms with Crippen LogP contribution in [0.3, 0.4) is 0 Å². The van der Waals surface area contributed by atoms with Gasteiger partial charge in [-0.1, -0.05) is 13.8 Å². The second-order valence-corrected chi connectivity index (χ2v) is 5.58. The molecule has 19 heavy (non-hydrogen) atoms. The van der Waals surface area contributed by atoms with Crippen molar-refractivity contribution in [2.45, 2.75) is 33.1 Å². The second kappa shape index (κ2) is 5.72. The van der Waals surface area contributed by atoms with Gasteiger partial charge >= 0.3 is 0 Å². The first-order chi connectivity index (χ1) is 8.99. The molecule has 0 saturated carbocycles. The Kier molecular flexibility index (Phi) is 4.22. The third-order valence-electron chi connectivity index (χ3n) is 3.95. The van der Waals surface area contributed by atoms with E-state index in [1.165, 1.54) is 0 Å². The van der Waals surface area contributed by atoms with Crippen LogP contribution in [0.2, 0.25) is 0 Å². The van der Waals surface area contributed by atoms with Gasteiger partial charge in [0.2, 0.25) is 0 Å². The number of halogens is 2. The zero-order chi connectivity index (χ0) is 14.0. The van der Waals surface area contributed by atoms with Gasteiger partial charge in [0.05, 0.1) is 0 Å². The van der Waals surface area contributed by atoms with Crippen LogP contribution in [0, 0.1) is 23.5 Å². The van der Waals surface area contributed by atoms with E-state index in [9.17, 15) is 8.78 Å². The summed E-state index contributed by atoms with van der Waals surface area (Å²) in [6, 6.07) is 0.822. The largest absolute Gasteiger partial charge is 0.381 e. The molecule has 1 aromatic heterocycles. The molecule has 1 aliphatic heterocycles. The van der Waals surface area contributed by atoms with Crippen molar-refractivity contribution in [3.05, 3.63) is 17.7 Å². The average molecular weight is 269 g/mol. The molecule has 1 unspecified atom stereocenters. The summed E-state index contributed by atoms with van der Waals surface area (Å²) in [7, 11) is 0. The van der Waals surface area contributed by atoms with Gasteiger partial charge in [-0.25, -0.2) is 13.8 Å². The topological polar surface area (TPSA) is 42.2 Å². The molecule has 0 bridgehead atoms. The van der Waals surface area contributed by atoms with Gasteiger partial charge in [-0.05, 0) is 31.1 Å². The average Bonchev–Trinajstić information content (AvgIpc) is 2.59. The first-order valence-electron chi connectivity index (χ1n) is 6.85. The van der Waals surface area contributed by atoms with E-state index in [1.54, 1.807) is 0 Å². The first-order valence-corrected chi connectivity index (χ1v) is 6.85. The highest BCUT2D eigenvalue weighted by Crippen LogP contribution is 2.28. The lowest BCUT2D eigenvalue weighted by molar-refractivity contribution is 0.351. The molecule has 1 aliphatic rings. The minimum Gasteiger partial charge on any atom is -0.381 e. The van der Waals surface area contributed by atoms with Crippen molar-refractivity contribution >= 4 is 11.6 Å².